The lowest BCUT2D eigenvalue weighted by Crippen LogP contribution is -1.95. The number of hydrogen-bond acceptors (Lipinski definition) is 4. The molecule has 8 heterocycles. The zero-order chi connectivity index (χ0) is 50.7. The first-order valence-corrected chi connectivity index (χ1v) is 27.2. The Morgan fingerprint density at radius 2 is 0.667 bits per heavy atom. The molecular formula is C70H40N6OS. The number of para-hydroxylation sites is 6. The molecule has 0 saturated carbocycles. The summed E-state index contributed by atoms with van der Waals surface area (Å²) in [5.74, 6) is 0. The predicted octanol–water partition coefficient (Wildman–Crippen LogP) is 18.8. The molecule has 362 valence electrons. The van der Waals surface area contributed by atoms with E-state index < -0.39 is 0 Å². The third kappa shape index (κ3) is 5.81. The number of nitrogens with zero attached hydrogens (tertiary/aromatic N) is 6. The number of aromatic nitrogens is 6. The zero-order valence-corrected chi connectivity index (χ0v) is 42.4. The number of rotatable bonds is 5. The summed E-state index contributed by atoms with van der Waals surface area (Å²) in [6, 6.07) is 84.0. The number of fused-ring (bicyclic) bond motifs is 18. The van der Waals surface area contributed by atoms with Gasteiger partial charge in [-0.1, -0.05) is 121 Å². The van der Waals surface area contributed by atoms with Crippen LogP contribution in [-0.2, 0) is 0 Å². The van der Waals surface area contributed by atoms with Crippen LogP contribution in [0.5, 0.6) is 0 Å². The van der Waals surface area contributed by atoms with Gasteiger partial charge in [-0.05, 0) is 120 Å². The van der Waals surface area contributed by atoms with Crippen molar-refractivity contribution in [3.05, 3.63) is 243 Å². The molecule has 0 saturated heterocycles. The Labute approximate surface area is 447 Å². The van der Waals surface area contributed by atoms with Gasteiger partial charge in [-0.25, -0.2) is 9.97 Å². The maximum absolute atomic E-state index is 6.43. The van der Waals surface area contributed by atoms with Crippen molar-refractivity contribution in [3.63, 3.8) is 0 Å². The van der Waals surface area contributed by atoms with Gasteiger partial charge in [-0.15, -0.1) is 11.3 Å². The van der Waals surface area contributed by atoms with Crippen LogP contribution in [0.3, 0.4) is 0 Å². The summed E-state index contributed by atoms with van der Waals surface area (Å²) < 4.78 is 17.1. The van der Waals surface area contributed by atoms with E-state index in [4.69, 9.17) is 14.4 Å². The molecule has 0 spiro atoms. The van der Waals surface area contributed by atoms with Crippen LogP contribution in [0.1, 0.15) is 0 Å². The lowest BCUT2D eigenvalue weighted by atomic mass is 10.0. The van der Waals surface area contributed by atoms with E-state index in [2.05, 4.69) is 249 Å². The maximum Gasteiger partial charge on any atom is 0.227 e. The van der Waals surface area contributed by atoms with Crippen LogP contribution >= 0.6 is 11.3 Å². The fourth-order valence-electron chi connectivity index (χ4n) is 13.1. The Hall–Kier alpha value is -10.3. The van der Waals surface area contributed by atoms with Gasteiger partial charge in [-0.2, -0.15) is 0 Å². The van der Waals surface area contributed by atoms with E-state index in [9.17, 15) is 0 Å². The van der Waals surface area contributed by atoms with Gasteiger partial charge in [-0.3, -0.25) is 0 Å². The minimum absolute atomic E-state index is 0.621. The second-order valence-corrected chi connectivity index (χ2v) is 21.6. The molecule has 0 aliphatic rings. The summed E-state index contributed by atoms with van der Waals surface area (Å²) in [4.78, 5) is 11.1. The SMILES string of the molecule is c1ccc2c(c1)c1ccccc1n2-c1ccc2oc3ncc(-n4c5ccccc5c5cc(-c6ccc7c(c6)c6ccccc6n7-c6ccc7sc8ncc(-n9c%10ccccc%10c%10ccccc%109)cc8c7c6)ccc54)cc3c2c1. The summed E-state index contributed by atoms with van der Waals surface area (Å²) in [5.41, 5.74) is 17.3. The molecule has 0 amide bonds. The average Bonchev–Trinajstić information content (AvgIpc) is 4.48. The highest BCUT2D eigenvalue weighted by Gasteiger charge is 2.21. The first-order chi connectivity index (χ1) is 38.7. The van der Waals surface area contributed by atoms with Crippen LogP contribution in [0.15, 0.2) is 247 Å². The van der Waals surface area contributed by atoms with Gasteiger partial charge in [0.25, 0.3) is 0 Å². The van der Waals surface area contributed by atoms with Crippen molar-refractivity contribution in [1.29, 1.82) is 0 Å². The molecule has 8 heteroatoms. The number of hydrogen-bond donors (Lipinski definition) is 0. The summed E-state index contributed by atoms with van der Waals surface area (Å²) in [5, 5.41) is 14.1. The largest absolute Gasteiger partial charge is 0.438 e. The second kappa shape index (κ2) is 15.6. The number of pyridine rings is 2. The molecule has 0 radical (unpaired) electrons. The van der Waals surface area contributed by atoms with Crippen LogP contribution in [0.2, 0.25) is 0 Å². The molecule has 0 N–H and O–H groups in total. The summed E-state index contributed by atoms with van der Waals surface area (Å²) in [7, 11) is 0. The van der Waals surface area contributed by atoms with Gasteiger partial charge in [0.1, 0.15) is 10.4 Å². The monoisotopic (exact) mass is 1010 g/mol. The fourth-order valence-corrected chi connectivity index (χ4v) is 14.1. The van der Waals surface area contributed by atoms with Crippen molar-refractivity contribution in [3.8, 4) is 33.9 Å². The Kier molecular flexibility index (Phi) is 8.42. The van der Waals surface area contributed by atoms with E-state index in [-0.39, 0.29) is 0 Å². The standard InChI is InChI=1S/C70H40N6OS/c1-7-19-59-47(13-1)48-14-2-8-20-60(48)73(59)43-27-31-67-55(35-43)57-37-45(39-71-69(57)77-67)76-64-24-12-6-18-52(64)54-34-42(26-30-66(54)76)41-25-29-65-53(33-41)51-17-5-11-23-63(51)74(65)44-28-32-68-56(36-44)58-38-46(40-72-70(58)78-68)75-61-21-9-3-15-49(61)50-16-4-10-22-62(50)75/h1-40H. The molecule has 7 nitrogen and oxygen atoms in total. The molecule has 0 unspecified atom stereocenters. The fraction of sp³-hybridized carbons (Fsp3) is 0. The third-order valence-corrected chi connectivity index (χ3v) is 17.6. The smallest absolute Gasteiger partial charge is 0.227 e. The minimum atomic E-state index is 0.621. The van der Waals surface area contributed by atoms with Gasteiger partial charge < -0.3 is 22.7 Å². The van der Waals surface area contributed by atoms with Crippen molar-refractivity contribution in [2.24, 2.45) is 0 Å². The quantitative estimate of drug-likeness (QED) is 0.173. The first-order valence-electron chi connectivity index (χ1n) is 26.4. The highest BCUT2D eigenvalue weighted by Crippen LogP contribution is 2.43. The molecule has 0 bridgehead atoms. The molecule has 0 aliphatic carbocycles. The molecule has 0 fully saturated rings. The van der Waals surface area contributed by atoms with Crippen molar-refractivity contribution >= 4 is 141 Å². The van der Waals surface area contributed by atoms with E-state index >= 15 is 0 Å². The molecule has 78 heavy (non-hydrogen) atoms. The molecule has 18 aromatic rings. The molecular weight excluding hydrogens is 973 g/mol. The van der Waals surface area contributed by atoms with E-state index in [0.717, 1.165) is 71.4 Å². The minimum Gasteiger partial charge on any atom is -0.438 e. The van der Waals surface area contributed by atoms with Crippen molar-refractivity contribution in [2.45, 2.75) is 0 Å². The molecule has 0 atom stereocenters. The highest BCUT2D eigenvalue weighted by molar-refractivity contribution is 7.25. The molecule has 10 aromatic carbocycles. The normalized spacial score (nSPS) is 12.4. The van der Waals surface area contributed by atoms with Crippen molar-refractivity contribution in [1.82, 2.24) is 28.2 Å². The van der Waals surface area contributed by atoms with Crippen LogP contribution in [0.4, 0.5) is 0 Å². The Balaban J connectivity index is 0.750. The Morgan fingerprint density at radius 1 is 0.282 bits per heavy atom. The lowest BCUT2D eigenvalue weighted by molar-refractivity contribution is 0.654. The van der Waals surface area contributed by atoms with Crippen LogP contribution in [-0.4, -0.2) is 28.2 Å². The third-order valence-electron chi connectivity index (χ3n) is 16.5. The molecule has 18 rings (SSSR count). The van der Waals surface area contributed by atoms with Gasteiger partial charge in [0.2, 0.25) is 5.71 Å². The first kappa shape index (κ1) is 42.0. The number of thiophene rings is 1. The van der Waals surface area contributed by atoms with Gasteiger partial charge in [0.15, 0.2) is 0 Å². The summed E-state index contributed by atoms with van der Waals surface area (Å²) >= 11 is 1.75. The van der Waals surface area contributed by atoms with Crippen molar-refractivity contribution < 1.29 is 4.42 Å². The summed E-state index contributed by atoms with van der Waals surface area (Å²) in [6.45, 7) is 0. The van der Waals surface area contributed by atoms with Gasteiger partial charge >= 0.3 is 0 Å². The summed E-state index contributed by atoms with van der Waals surface area (Å²) in [6.07, 6.45) is 3.98. The number of furan rings is 1. The topological polar surface area (TPSA) is 58.6 Å². The van der Waals surface area contributed by atoms with Crippen molar-refractivity contribution in [2.75, 3.05) is 0 Å². The van der Waals surface area contributed by atoms with E-state index in [1.54, 1.807) is 11.3 Å². The van der Waals surface area contributed by atoms with E-state index in [1.807, 2.05) is 12.4 Å². The zero-order valence-electron chi connectivity index (χ0n) is 41.6. The van der Waals surface area contributed by atoms with Gasteiger partial charge in [0, 0.05) is 75.3 Å². The van der Waals surface area contributed by atoms with Gasteiger partial charge in [0.05, 0.1) is 73.3 Å². The van der Waals surface area contributed by atoms with Crippen LogP contribution < -0.4 is 0 Å². The average molecular weight is 1010 g/mol. The Morgan fingerprint density at radius 3 is 1.17 bits per heavy atom. The maximum atomic E-state index is 6.43. The van der Waals surface area contributed by atoms with Crippen LogP contribution in [0.25, 0.3) is 163 Å². The van der Waals surface area contributed by atoms with E-state index in [0.29, 0.717) is 5.71 Å². The van der Waals surface area contributed by atoms with Crippen LogP contribution in [0, 0.1) is 0 Å². The predicted molar refractivity (Wildman–Crippen MR) is 325 cm³/mol. The highest BCUT2D eigenvalue weighted by atomic mass is 32.1. The lowest BCUT2D eigenvalue weighted by Gasteiger charge is -2.10. The second-order valence-electron chi connectivity index (χ2n) is 20.6. The number of benzene rings is 10. The Bertz CT molecular complexity index is 5150. The molecule has 0 aliphatic heterocycles. The molecule has 8 aromatic heterocycles. The van der Waals surface area contributed by atoms with E-state index in [1.165, 1.54) is 86.3 Å².